The molecule has 0 aromatic heterocycles. The Morgan fingerprint density at radius 2 is 1.74 bits per heavy atom. The van der Waals surface area contributed by atoms with Crippen LogP contribution in [0.4, 0.5) is 0 Å². The Bertz CT molecular complexity index is 452. The van der Waals surface area contributed by atoms with Crippen LogP contribution >= 0.6 is 0 Å². The molecule has 1 heterocycles. The lowest BCUT2D eigenvalue weighted by Crippen LogP contribution is -2.40. The number of carbonyl (C=O) groups is 2. The van der Waals surface area contributed by atoms with Crippen molar-refractivity contribution in [3.05, 3.63) is 35.4 Å². The molecule has 102 valence electrons. The molecule has 1 aromatic carbocycles. The monoisotopic (exact) mass is 261 g/mol. The lowest BCUT2D eigenvalue weighted by molar-refractivity contribution is 0.0565. The van der Waals surface area contributed by atoms with Gasteiger partial charge in [0.15, 0.2) is 0 Å². The maximum atomic E-state index is 12.1. The van der Waals surface area contributed by atoms with Crippen LogP contribution < -0.4 is 5.32 Å². The quantitative estimate of drug-likeness (QED) is 0.607. The normalized spacial score (nSPS) is 14.4. The highest BCUT2D eigenvalue weighted by Gasteiger charge is 2.35. The summed E-state index contributed by atoms with van der Waals surface area (Å²) in [5, 5.41) is 3.07. The largest absolute Gasteiger partial charge is 0.320 e. The van der Waals surface area contributed by atoms with Crippen molar-refractivity contribution in [1.29, 1.82) is 0 Å². The van der Waals surface area contributed by atoms with E-state index in [0.29, 0.717) is 17.8 Å². The fraction of sp³-hybridized carbons (Fsp3) is 0.429. The van der Waals surface area contributed by atoms with E-state index in [1.165, 1.54) is 4.90 Å². The van der Waals surface area contributed by atoms with Crippen LogP contribution in [0.3, 0.4) is 0 Å². The molecule has 1 aliphatic rings. The Labute approximate surface area is 113 Å². The Balaban J connectivity index is 2.00. The van der Waals surface area contributed by atoms with Gasteiger partial charge in [0.05, 0.1) is 17.8 Å². The first-order valence-electron chi connectivity index (χ1n) is 6.43. The zero-order chi connectivity index (χ0) is 13.8. The third kappa shape index (κ3) is 2.83. The van der Waals surface area contributed by atoms with Crippen molar-refractivity contribution < 1.29 is 9.59 Å². The molecule has 1 aliphatic heterocycles. The van der Waals surface area contributed by atoms with Gasteiger partial charge in [0.25, 0.3) is 11.8 Å². The van der Waals surface area contributed by atoms with Gasteiger partial charge in [-0.05, 0) is 39.2 Å². The molecule has 0 atom stereocenters. The van der Waals surface area contributed by atoms with Gasteiger partial charge in [0.2, 0.25) is 0 Å². The van der Waals surface area contributed by atoms with Crippen LogP contribution in [0.15, 0.2) is 24.3 Å². The molecule has 0 radical (unpaired) electrons. The van der Waals surface area contributed by atoms with Crippen molar-refractivity contribution in [2.75, 3.05) is 33.9 Å². The molecular formula is C14H19N3O2. The molecule has 1 N–H and O–H groups in total. The second-order valence-electron chi connectivity index (χ2n) is 4.76. The van der Waals surface area contributed by atoms with E-state index in [4.69, 9.17) is 0 Å². The summed E-state index contributed by atoms with van der Waals surface area (Å²) in [6.07, 6.45) is 0.982. The second-order valence-corrected chi connectivity index (χ2v) is 4.76. The number of benzene rings is 1. The van der Waals surface area contributed by atoms with Gasteiger partial charge in [0, 0.05) is 6.54 Å². The van der Waals surface area contributed by atoms with E-state index in [2.05, 4.69) is 5.32 Å². The molecule has 0 saturated heterocycles. The van der Waals surface area contributed by atoms with Gasteiger partial charge in [-0.3, -0.25) is 19.4 Å². The van der Waals surface area contributed by atoms with E-state index in [1.54, 1.807) is 24.3 Å². The molecule has 0 fully saturated rings. The topological polar surface area (TPSA) is 52.6 Å². The minimum atomic E-state index is -0.193. The molecular weight excluding hydrogens is 242 g/mol. The number of carbonyl (C=O) groups excluding carboxylic acids is 2. The highest BCUT2D eigenvalue weighted by Crippen LogP contribution is 2.22. The van der Waals surface area contributed by atoms with Gasteiger partial charge >= 0.3 is 0 Å². The Kier molecular flexibility index (Phi) is 4.29. The lowest BCUT2D eigenvalue weighted by atomic mass is 10.1. The number of rotatable bonds is 6. The van der Waals surface area contributed by atoms with Crippen molar-refractivity contribution in [2.45, 2.75) is 6.42 Å². The van der Waals surface area contributed by atoms with E-state index in [0.717, 1.165) is 19.5 Å². The number of nitrogens with zero attached hydrogens (tertiary/aromatic N) is 2. The highest BCUT2D eigenvalue weighted by atomic mass is 16.2. The van der Waals surface area contributed by atoms with Crippen molar-refractivity contribution in [1.82, 2.24) is 15.1 Å². The number of fused-ring (bicyclic) bond motifs is 1. The molecule has 0 spiro atoms. The summed E-state index contributed by atoms with van der Waals surface area (Å²) >= 11 is 0. The average molecular weight is 261 g/mol. The number of imide groups is 1. The van der Waals surface area contributed by atoms with E-state index in [9.17, 15) is 9.59 Å². The first kappa shape index (κ1) is 13.7. The summed E-state index contributed by atoms with van der Waals surface area (Å²) in [5.41, 5.74) is 1.02. The standard InChI is InChI=1S/C14H19N3O2/c1-15-8-5-9-16(2)10-17-13(18)11-6-3-4-7-12(11)14(17)19/h3-4,6-7,15H,5,8-10H2,1-2H3. The van der Waals surface area contributed by atoms with Gasteiger partial charge in [-0.25, -0.2) is 0 Å². The van der Waals surface area contributed by atoms with Crippen LogP contribution in [-0.4, -0.2) is 55.5 Å². The molecule has 19 heavy (non-hydrogen) atoms. The smallest absolute Gasteiger partial charge is 0.262 e. The molecule has 1 aromatic rings. The number of hydrogen-bond acceptors (Lipinski definition) is 4. The molecule has 0 saturated carbocycles. The van der Waals surface area contributed by atoms with Crippen LogP contribution in [0.25, 0.3) is 0 Å². The van der Waals surface area contributed by atoms with Crippen molar-refractivity contribution in [3.63, 3.8) is 0 Å². The van der Waals surface area contributed by atoms with E-state index < -0.39 is 0 Å². The highest BCUT2D eigenvalue weighted by molar-refractivity contribution is 6.21. The van der Waals surface area contributed by atoms with Gasteiger partial charge in [-0.15, -0.1) is 0 Å². The molecule has 0 aliphatic carbocycles. The van der Waals surface area contributed by atoms with E-state index in [1.807, 2.05) is 19.0 Å². The summed E-state index contributed by atoms with van der Waals surface area (Å²) in [5.74, 6) is -0.387. The summed E-state index contributed by atoms with van der Waals surface area (Å²) in [6.45, 7) is 2.11. The minimum Gasteiger partial charge on any atom is -0.320 e. The zero-order valence-electron chi connectivity index (χ0n) is 11.3. The average Bonchev–Trinajstić information content (AvgIpc) is 2.65. The van der Waals surface area contributed by atoms with E-state index >= 15 is 0 Å². The molecule has 2 amide bonds. The fourth-order valence-corrected chi connectivity index (χ4v) is 2.21. The zero-order valence-corrected chi connectivity index (χ0v) is 11.3. The maximum absolute atomic E-state index is 12.1. The van der Waals surface area contributed by atoms with Crippen molar-refractivity contribution in [3.8, 4) is 0 Å². The Hall–Kier alpha value is -1.72. The molecule has 2 rings (SSSR count). The van der Waals surface area contributed by atoms with Gasteiger partial charge in [-0.1, -0.05) is 12.1 Å². The Morgan fingerprint density at radius 3 is 2.26 bits per heavy atom. The number of nitrogens with one attached hydrogen (secondary N) is 1. The summed E-state index contributed by atoms with van der Waals surface area (Å²) in [4.78, 5) is 27.6. The first-order chi connectivity index (χ1) is 9.15. The van der Waals surface area contributed by atoms with Gasteiger partial charge in [-0.2, -0.15) is 0 Å². The third-order valence-corrected chi connectivity index (χ3v) is 3.23. The SMILES string of the molecule is CNCCCN(C)CN1C(=O)c2ccccc2C1=O. The molecule has 0 bridgehead atoms. The van der Waals surface area contributed by atoms with Crippen molar-refractivity contribution in [2.24, 2.45) is 0 Å². The first-order valence-corrected chi connectivity index (χ1v) is 6.43. The van der Waals surface area contributed by atoms with Crippen LogP contribution in [0.1, 0.15) is 27.1 Å². The summed E-state index contributed by atoms with van der Waals surface area (Å²) in [7, 11) is 3.82. The van der Waals surface area contributed by atoms with Gasteiger partial charge < -0.3 is 5.32 Å². The Morgan fingerprint density at radius 1 is 1.16 bits per heavy atom. The fourth-order valence-electron chi connectivity index (χ4n) is 2.21. The third-order valence-electron chi connectivity index (χ3n) is 3.23. The second kappa shape index (κ2) is 5.95. The molecule has 5 heteroatoms. The minimum absolute atomic E-state index is 0.193. The van der Waals surface area contributed by atoms with Crippen LogP contribution in [-0.2, 0) is 0 Å². The van der Waals surface area contributed by atoms with E-state index in [-0.39, 0.29) is 11.8 Å². The van der Waals surface area contributed by atoms with Crippen molar-refractivity contribution >= 4 is 11.8 Å². The number of amides is 2. The van der Waals surface area contributed by atoms with Crippen LogP contribution in [0.5, 0.6) is 0 Å². The molecule has 5 nitrogen and oxygen atoms in total. The predicted molar refractivity (Wildman–Crippen MR) is 73.0 cm³/mol. The summed E-state index contributed by atoms with van der Waals surface area (Å²) in [6, 6.07) is 6.97. The predicted octanol–water partition coefficient (Wildman–Crippen LogP) is 0.781. The maximum Gasteiger partial charge on any atom is 0.262 e. The lowest BCUT2D eigenvalue weighted by Gasteiger charge is -2.22. The van der Waals surface area contributed by atoms with Crippen LogP contribution in [0.2, 0.25) is 0 Å². The number of hydrogen-bond donors (Lipinski definition) is 1. The molecule has 0 unspecified atom stereocenters. The van der Waals surface area contributed by atoms with Gasteiger partial charge in [0.1, 0.15) is 0 Å². The summed E-state index contributed by atoms with van der Waals surface area (Å²) < 4.78 is 0. The van der Waals surface area contributed by atoms with Crippen LogP contribution in [0, 0.1) is 0 Å².